The number of hydrogen-bond acceptors (Lipinski definition) is 1. The maximum atomic E-state index is 2.51. The third-order valence-electron chi connectivity index (χ3n) is 4.26. The van der Waals surface area contributed by atoms with Gasteiger partial charge in [-0.25, -0.2) is 0 Å². The fourth-order valence-electron chi connectivity index (χ4n) is 2.80. The summed E-state index contributed by atoms with van der Waals surface area (Å²) in [6.07, 6.45) is 15.7. The van der Waals surface area contributed by atoms with Gasteiger partial charge in [-0.3, -0.25) is 0 Å². The molecule has 0 amide bonds. The summed E-state index contributed by atoms with van der Waals surface area (Å²) in [6.45, 7) is 6.11. The van der Waals surface area contributed by atoms with Crippen molar-refractivity contribution in [2.45, 2.75) is 77.6 Å². The molecule has 0 aliphatic heterocycles. The van der Waals surface area contributed by atoms with E-state index in [4.69, 9.17) is 0 Å². The molecule has 0 aromatic heterocycles. The molecule has 0 spiro atoms. The average Bonchev–Trinajstić information content (AvgIpc) is 2.39. The standard InChI is InChI=1S/C19H43N2.BrH/c1-6-7-8-9-10-11-12-13-14-15-17-20(2)18-16-19-21(3,4)5;/h6-19H2,1-5H3;1H/q+1;/p-1. The van der Waals surface area contributed by atoms with Crippen LogP contribution in [-0.2, 0) is 0 Å². The van der Waals surface area contributed by atoms with Crippen LogP contribution in [0.3, 0.4) is 0 Å². The van der Waals surface area contributed by atoms with Crippen molar-refractivity contribution in [2.75, 3.05) is 47.8 Å². The zero-order valence-corrected chi connectivity index (χ0v) is 17.8. The zero-order valence-electron chi connectivity index (χ0n) is 16.2. The van der Waals surface area contributed by atoms with Crippen LogP contribution in [0.1, 0.15) is 77.6 Å². The Morgan fingerprint density at radius 3 is 1.50 bits per heavy atom. The zero-order chi connectivity index (χ0) is 16.0. The van der Waals surface area contributed by atoms with Crippen molar-refractivity contribution >= 4 is 0 Å². The molecule has 0 aromatic carbocycles. The third kappa shape index (κ3) is 20.4. The van der Waals surface area contributed by atoms with Gasteiger partial charge < -0.3 is 26.4 Å². The summed E-state index contributed by atoms with van der Waals surface area (Å²) in [6, 6.07) is 0. The number of rotatable bonds is 15. The quantitative estimate of drug-likeness (QED) is 0.311. The first kappa shape index (κ1) is 24.6. The van der Waals surface area contributed by atoms with E-state index >= 15 is 0 Å². The molecule has 0 aromatic rings. The van der Waals surface area contributed by atoms with E-state index in [9.17, 15) is 0 Å². The number of quaternary nitrogens is 1. The summed E-state index contributed by atoms with van der Waals surface area (Å²) in [5, 5.41) is 0. The Morgan fingerprint density at radius 1 is 0.636 bits per heavy atom. The molecule has 0 bridgehead atoms. The summed E-state index contributed by atoms with van der Waals surface area (Å²) in [4.78, 5) is 2.51. The lowest BCUT2D eigenvalue weighted by molar-refractivity contribution is -0.870. The van der Waals surface area contributed by atoms with Crippen LogP contribution in [0.2, 0.25) is 0 Å². The van der Waals surface area contributed by atoms with Gasteiger partial charge in [-0.05, 0) is 20.0 Å². The number of nitrogens with zero attached hydrogens (tertiary/aromatic N) is 2. The van der Waals surface area contributed by atoms with Gasteiger partial charge in [0, 0.05) is 13.0 Å². The Balaban J connectivity index is 0. The van der Waals surface area contributed by atoms with Gasteiger partial charge in [0.15, 0.2) is 0 Å². The minimum Gasteiger partial charge on any atom is -1.00 e. The summed E-state index contributed by atoms with van der Waals surface area (Å²) >= 11 is 0. The summed E-state index contributed by atoms with van der Waals surface area (Å²) < 4.78 is 1.09. The van der Waals surface area contributed by atoms with E-state index in [0.29, 0.717) is 0 Å². The van der Waals surface area contributed by atoms with E-state index in [2.05, 4.69) is 40.0 Å². The first-order valence-corrected chi connectivity index (χ1v) is 9.44. The number of hydrogen-bond donors (Lipinski definition) is 0. The molecular formula is C19H43BrN2. The average molecular weight is 379 g/mol. The Morgan fingerprint density at radius 2 is 1.05 bits per heavy atom. The first-order valence-electron chi connectivity index (χ1n) is 9.44. The van der Waals surface area contributed by atoms with Gasteiger partial charge in [-0.15, -0.1) is 0 Å². The monoisotopic (exact) mass is 378 g/mol. The van der Waals surface area contributed by atoms with Crippen LogP contribution in [0.15, 0.2) is 0 Å². The van der Waals surface area contributed by atoms with Crippen molar-refractivity contribution in [2.24, 2.45) is 0 Å². The second kappa shape index (κ2) is 16.3. The lowest BCUT2D eigenvalue weighted by Crippen LogP contribution is -3.00. The molecule has 0 saturated carbocycles. The fraction of sp³-hybridized carbons (Fsp3) is 1.00. The van der Waals surface area contributed by atoms with Gasteiger partial charge in [-0.2, -0.15) is 0 Å². The molecule has 0 saturated heterocycles. The normalized spacial score (nSPS) is 11.7. The molecule has 0 heterocycles. The lowest BCUT2D eigenvalue weighted by Gasteiger charge is -2.25. The second-order valence-corrected chi connectivity index (χ2v) is 7.85. The van der Waals surface area contributed by atoms with E-state index in [0.717, 1.165) is 4.48 Å². The summed E-state index contributed by atoms with van der Waals surface area (Å²) in [7, 11) is 9.12. The second-order valence-electron chi connectivity index (χ2n) is 7.85. The molecule has 3 heteroatoms. The molecule has 136 valence electrons. The SMILES string of the molecule is CCCCCCCCCCCCN(C)CCC[N+](C)(C)C.[Br-]. The van der Waals surface area contributed by atoms with Crippen molar-refractivity contribution in [3.8, 4) is 0 Å². The number of halogens is 1. The molecule has 0 atom stereocenters. The molecule has 0 radical (unpaired) electrons. The highest BCUT2D eigenvalue weighted by molar-refractivity contribution is 4.53. The maximum absolute atomic E-state index is 2.51. The van der Waals surface area contributed by atoms with Crippen molar-refractivity contribution in [1.29, 1.82) is 0 Å². The highest BCUT2D eigenvalue weighted by atomic mass is 79.9. The van der Waals surface area contributed by atoms with Crippen LogP contribution < -0.4 is 17.0 Å². The van der Waals surface area contributed by atoms with Crippen molar-refractivity contribution < 1.29 is 21.5 Å². The third-order valence-corrected chi connectivity index (χ3v) is 4.26. The predicted molar refractivity (Wildman–Crippen MR) is 96.9 cm³/mol. The first-order chi connectivity index (χ1) is 9.95. The molecular weight excluding hydrogens is 336 g/mol. The van der Waals surface area contributed by atoms with Crippen LogP contribution >= 0.6 is 0 Å². The van der Waals surface area contributed by atoms with Gasteiger partial charge in [0.05, 0.1) is 27.7 Å². The molecule has 0 N–H and O–H groups in total. The summed E-state index contributed by atoms with van der Waals surface area (Å²) in [5.41, 5.74) is 0. The van der Waals surface area contributed by atoms with Gasteiger partial charge in [0.25, 0.3) is 0 Å². The Labute approximate surface area is 152 Å². The Bertz CT molecular complexity index is 214. The van der Waals surface area contributed by atoms with E-state index in [1.54, 1.807) is 0 Å². The minimum atomic E-state index is 0. The van der Waals surface area contributed by atoms with Crippen molar-refractivity contribution in [3.05, 3.63) is 0 Å². The summed E-state index contributed by atoms with van der Waals surface area (Å²) in [5.74, 6) is 0. The minimum absolute atomic E-state index is 0. The van der Waals surface area contributed by atoms with Crippen LogP contribution in [0, 0.1) is 0 Å². The van der Waals surface area contributed by atoms with Gasteiger partial charge in [0.2, 0.25) is 0 Å². The topological polar surface area (TPSA) is 3.24 Å². The van der Waals surface area contributed by atoms with E-state index in [-0.39, 0.29) is 17.0 Å². The molecule has 0 unspecified atom stereocenters. The molecule has 0 aliphatic carbocycles. The van der Waals surface area contributed by atoms with Crippen molar-refractivity contribution in [1.82, 2.24) is 4.90 Å². The Kier molecular flexibility index (Phi) is 18.2. The van der Waals surface area contributed by atoms with E-state index in [1.807, 2.05) is 0 Å². The molecule has 0 fully saturated rings. The Hall–Kier alpha value is 0.400. The van der Waals surface area contributed by atoms with Crippen LogP contribution in [0.5, 0.6) is 0 Å². The van der Waals surface area contributed by atoms with Crippen LogP contribution in [-0.4, -0.2) is 57.2 Å². The van der Waals surface area contributed by atoms with Gasteiger partial charge in [0.1, 0.15) is 0 Å². The van der Waals surface area contributed by atoms with Gasteiger partial charge >= 0.3 is 0 Å². The largest absolute Gasteiger partial charge is 1.00 e. The van der Waals surface area contributed by atoms with E-state index in [1.165, 1.54) is 90.3 Å². The van der Waals surface area contributed by atoms with Crippen LogP contribution in [0.4, 0.5) is 0 Å². The van der Waals surface area contributed by atoms with E-state index < -0.39 is 0 Å². The van der Waals surface area contributed by atoms with Gasteiger partial charge in [-0.1, -0.05) is 64.7 Å². The predicted octanol–water partition coefficient (Wildman–Crippen LogP) is 1.94. The molecule has 2 nitrogen and oxygen atoms in total. The lowest BCUT2D eigenvalue weighted by atomic mass is 10.1. The smallest absolute Gasteiger partial charge is 0.0792 e. The number of unbranched alkanes of at least 4 members (excludes halogenated alkanes) is 9. The maximum Gasteiger partial charge on any atom is 0.0792 e. The fourth-order valence-corrected chi connectivity index (χ4v) is 2.80. The molecule has 0 aliphatic rings. The molecule has 0 rings (SSSR count). The van der Waals surface area contributed by atoms with Crippen LogP contribution in [0.25, 0.3) is 0 Å². The highest BCUT2D eigenvalue weighted by Crippen LogP contribution is 2.10. The molecule has 22 heavy (non-hydrogen) atoms. The highest BCUT2D eigenvalue weighted by Gasteiger charge is 2.07. The van der Waals surface area contributed by atoms with Crippen molar-refractivity contribution in [3.63, 3.8) is 0 Å².